The summed E-state index contributed by atoms with van der Waals surface area (Å²) in [5.74, 6) is 2.81. The summed E-state index contributed by atoms with van der Waals surface area (Å²) in [6, 6.07) is 10.5. The average Bonchev–Trinajstić information content (AvgIpc) is 3.02. The van der Waals surface area contributed by atoms with Gasteiger partial charge >= 0.3 is 0 Å². The fourth-order valence-electron chi connectivity index (χ4n) is 2.85. The van der Waals surface area contributed by atoms with Crippen LogP contribution in [0.4, 0.5) is 10.5 Å². The molecule has 0 saturated carbocycles. The molecule has 1 heterocycles. The first-order chi connectivity index (χ1) is 15.8. The highest BCUT2D eigenvalue weighted by Crippen LogP contribution is 2.34. The lowest BCUT2D eigenvalue weighted by molar-refractivity contribution is -0.127. The van der Waals surface area contributed by atoms with E-state index in [9.17, 15) is 14.4 Å². The molecule has 2 aromatic rings. The highest BCUT2D eigenvalue weighted by Gasteiger charge is 2.36. The Bertz CT molecular complexity index is 1140. The van der Waals surface area contributed by atoms with Gasteiger partial charge in [0.05, 0.1) is 18.7 Å². The Kier molecular flexibility index (Phi) is 9.04. The van der Waals surface area contributed by atoms with Gasteiger partial charge in [0.15, 0.2) is 0 Å². The third kappa shape index (κ3) is 6.64. The maximum atomic E-state index is 12.8. The predicted molar refractivity (Wildman–Crippen MR) is 145 cm³/mol. The van der Waals surface area contributed by atoms with E-state index in [0.29, 0.717) is 23.8 Å². The number of rotatable bonds is 8. The molecule has 33 heavy (non-hydrogen) atoms. The molecule has 1 N–H and O–H groups in total. The van der Waals surface area contributed by atoms with Crippen LogP contribution in [-0.4, -0.2) is 41.7 Å². The van der Waals surface area contributed by atoms with E-state index in [0.717, 1.165) is 29.4 Å². The van der Waals surface area contributed by atoms with Crippen LogP contribution in [0.3, 0.4) is 0 Å². The molecule has 0 aliphatic carbocycles. The molecule has 0 unspecified atom stereocenters. The van der Waals surface area contributed by atoms with Crippen LogP contribution >= 0.6 is 56.9 Å². The molecule has 10 heteroatoms. The molecule has 3 amide bonds. The molecule has 1 aliphatic heterocycles. The number of nitrogens with one attached hydrogen (secondary N) is 1. The van der Waals surface area contributed by atoms with Crippen molar-refractivity contribution in [2.75, 3.05) is 25.1 Å². The van der Waals surface area contributed by atoms with Crippen LogP contribution in [0.2, 0.25) is 0 Å². The van der Waals surface area contributed by atoms with Gasteiger partial charge in [-0.05, 0) is 112 Å². The van der Waals surface area contributed by atoms with Crippen molar-refractivity contribution in [1.82, 2.24) is 4.90 Å². The van der Waals surface area contributed by atoms with E-state index in [4.69, 9.17) is 15.9 Å². The Balaban J connectivity index is 1.68. The number of anilines is 1. The van der Waals surface area contributed by atoms with Crippen molar-refractivity contribution in [2.45, 2.75) is 6.92 Å². The second-order valence-electron chi connectivity index (χ2n) is 6.58. The number of thioether (sulfide) groups is 1. The number of nitrogens with zero attached hydrogens (tertiary/aromatic N) is 1. The van der Waals surface area contributed by atoms with Gasteiger partial charge in [-0.1, -0.05) is 5.92 Å². The van der Waals surface area contributed by atoms with Crippen molar-refractivity contribution in [3.63, 3.8) is 0 Å². The van der Waals surface area contributed by atoms with Crippen LogP contribution in [0, 0.1) is 19.5 Å². The second-order valence-corrected chi connectivity index (χ2v) is 9.90. The van der Waals surface area contributed by atoms with Crippen molar-refractivity contribution in [3.05, 3.63) is 54.0 Å². The SMILES string of the molecule is C#CCOc1c(I)cc(/C=C2/SC(=O)N(CC(=O)Nc3ccc(OCC)cc3)C2=O)cc1I. The summed E-state index contributed by atoms with van der Waals surface area (Å²) >= 11 is 5.05. The Morgan fingerprint density at radius 1 is 1.18 bits per heavy atom. The van der Waals surface area contributed by atoms with Gasteiger partial charge in [0.1, 0.15) is 24.7 Å². The standard InChI is InChI=1S/C23H18I2N2O5S/c1-3-9-32-21-17(24)10-14(11-18(21)25)12-19-22(29)27(23(30)33-19)13-20(28)26-15-5-7-16(8-6-15)31-4-2/h1,5-8,10-12H,4,9,13H2,2H3,(H,26,28)/b19-12+. The van der Waals surface area contributed by atoms with Gasteiger partial charge in [-0.2, -0.15) is 0 Å². The highest BCUT2D eigenvalue weighted by atomic mass is 127. The fourth-order valence-corrected chi connectivity index (χ4v) is 5.81. The zero-order valence-electron chi connectivity index (χ0n) is 17.4. The summed E-state index contributed by atoms with van der Waals surface area (Å²) in [6.45, 7) is 2.21. The minimum atomic E-state index is -0.510. The maximum Gasteiger partial charge on any atom is 0.294 e. The predicted octanol–water partition coefficient (Wildman–Crippen LogP) is 4.98. The molecule has 1 fully saturated rings. The lowest BCUT2D eigenvalue weighted by atomic mass is 10.2. The number of carbonyl (C=O) groups excluding carboxylic acids is 3. The van der Waals surface area contributed by atoms with Gasteiger partial charge in [0.25, 0.3) is 11.1 Å². The van der Waals surface area contributed by atoms with Crippen molar-refractivity contribution >= 4 is 85.8 Å². The zero-order chi connectivity index (χ0) is 24.0. The monoisotopic (exact) mass is 688 g/mol. The first kappa shape index (κ1) is 25.4. The Morgan fingerprint density at radius 3 is 2.45 bits per heavy atom. The third-order valence-electron chi connectivity index (χ3n) is 4.24. The van der Waals surface area contributed by atoms with Gasteiger partial charge in [0, 0.05) is 5.69 Å². The zero-order valence-corrected chi connectivity index (χ0v) is 22.5. The van der Waals surface area contributed by atoms with Crippen molar-refractivity contribution in [1.29, 1.82) is 0 Å². The van der Waals surface area contributed by atoms with Gasteiger partial charge < -0.3 is 14.8 Å². The summed E-state index contributed by atoms with van der Waals surface area (Å²) in [6.07, 6.45) is 6.88. The average molecular weight is 688 g/mol. The molecule has 1 aliphatic rings. The van der Waals surface area contributed by atoms with Crippen LogP contribution in [0.1, 0.15) is 12.5 Å². The first-order valence-corrected chi connectivity index (χ1v) is 12.6. The number of carbonyl (C=O) groups is 3. The molecular formula is C23H18I2N2O5S. The Labute approximate surface area is 222 Å². The number of imide groups is 1. The summed E-state index contributed by atoms with van der Waals surface area (Å²) in [5.41, 5.74) is 1.28. The molecule has 0 atom stereocenters. The van der Waals surface area contributed by atoms with Crippen molar-refractivity contribution in [2.24, 2.45) is 0 Å². The number of hydrogen-bond acceptors (Lipinski definition) is 6. The fraction of sp³-hybridized carbons (Fsp3) is 0.174. The Hall–Kier alpha value is -2.24. The van der Waals surface area contributed by atoms with E-state index >= 15 is 0 Å². The van der Waals surface area contributed by atoms with E-state index in [-0.39, 0.29) is 18.1 Å². The molecule has 1 saturated heterocycles. The van der Waals surface area contributed by atoms with Crippen molar-refractivity contribution < 1.29 is 23.9 Å². The maximum absolute atomic E-state index is 12.8. The molecule has 7 nitrogen and oxygen atoms in total. The largest absolute Gasteiger partial charge is 0.494 e. The molecule has 0 spiro atoms. The minimum absolute atomic E-state index is 0.156. The number of halogens is 2. The smallest absolute Gasteiger partial charge is 0.294 e. The summed E-state index contributed by atoms with van der Waals surface area (Å²) in [7, 11) is 0. The highest BCUT2D eigenvalue weighted by molar-refractivity contribution is 14.1. The molecule has 0 radical (unpaired) electrons. The number of amides is 3. The third-order valence-corrected chi connectivity index (χ3v) is 6.75. The van der Waals surface area contributed by atoms with Gasteiger partial charge in [-0.15, -0.1) is 6.42 Å². The van der Waals surface area contributed by atoms with Gasteiger partial charge in [-0.3, -0.25) is 19.3 Å². The quantitative estimate of drug-likeness (QED) is 0.240. The van der Waals surface area contributed by atoms with Gasteiger partial charge in [-0.25, -0.2) is 0 Å². The number of terminal acetylenes is 1. The summed E-state index contributed by atoms with van der Waals surface area (Å²) < 4.78 is 12.6. The lowest BCUT2D eigenvalue weighted by Gasteiger charge is -2.13. The Morgan fingerprint density at radius 2 is 1.85 bits per heavy atom. The summed E-state index contributed by atoms with van der Waals surface area (Å²) in [4.78, 5) is 38.7. The van der Waals surface area contributed by atoms with Crippen LogP contribution < -0.4 is 14.8 Å². The molecule has 0 aromatic heterocycles. The number of hydrogen-bond donors (Lipinski definition) is 1. The molecule has 0 bridgehead atoms. The first-order valence-electron chi connectivity index (χ1n) is 9.65. The molecular weight excluding hydrogens is 670 g/mol. The molecule has 3 rings (SSSR count). The number of ether oxygens (including phenoxy) is 2. The van der Waals surface area contributed by atoms with Crippen molar-refractivity contribution in [3.8, 4) is 23.8 Å². The summed E-state index contributed by atoms with van der Waals surface area (Å²) in [5, 5.41) is 2.19. The van der Waals surface area contributed by atoms with E-state index < -0.39 is 17.1 Å². The molecule has 2 aromatic carbocycles. The van der Waals surface area contributed by atoms with Crippen LogP contribution in [0.25, 0.3) is 6.08 Å². The second kappa shape index (κ2) is 11.8. The minimum Gasteiger partial charge on any atom is -0.494 e. The van der Waals surface area contributed by atoms with Gasteiger partial charge in [0.2, 0.25) is 5.91 Å². The van der Waals surface area contributed by atoms with Crippen LogP contribution in [-0.2, 0) is 9.59 Å². The van der Waals surface area contributed by atoms with E-state index in [1.54, 1.807) is 30.3 Å². The topological polar surface area (TPSA) is 84.9 Å². The van der Waals surface area contributed by atoms with E-state index in [1.807, 2.05) is 19.1 Å². The normalized spacial score (nSPS) is 14.4. The number of benzene rings is 2. The van der Waals surface area contributed by atoms with E-state index in [2.05, 4.69) is 56.4 Å². The van der Waals surface area contributed by atoms with Crippen LogP contribution in [0.5, 0.6) is 11.5 Å². The molecule has 170 valence electrons. The van der Waals surface area contributed by atoms with Crippen LogP contribution in [0.15, 0.2) is 41.3 Å². The lowest BCUT2D eigenvalue weighted by Crippen LogP contribution is -2.36. The van der Waals surface area contributed by atoms with E-state index in [1.165, 1.54) is 0 Å².